The summed E-state index contributed by atoms with van der Waals surface area (Å²) in [6.07, 6.45) is 6.87. The number of amides is 1. The third-order valence-corrected chi connectivity index (χ3v) is 7.08. The second-order valence-electron chi connectivity index (χ2n) is 8.45. The molecule has 1 aliphatic rings. The van der Waals surface area contributed by atoms with Gasteiger partial charge >= 0.3 is 0 Å². The van der Waals surface area contributed by atoms with Crippen LogP contribution in [-0.4, -0.2) is 57.7 Å². The van der Waals surface area contributed by atoms with E-state index in [0.717, 1.165) is 36.5 Å². The van der Waals surface area contributed by atoms with Gasteiger partial charge in [0.2, 0.25) is 15.9 Å². The molecule has 0 bridgehead atoms. The van der Waals surface area contributed by atoms with E-state index in [0.29, 0.717) is 29.8 Å². The van der Waals surface area contributed by atoms with Gasteiger partial charge < -0.3 is 15.0 Å². The number of nitrogens with one attached hydrogen (secondary N) is 1. The molecule has 1 fully saturated rings. The summed E-state index contributed by atoms with van der Waals surface area (Å²) in [6, 6.07) is 16.6. The van der Waals surface area contributed by atoms with E-state index in [4.69, 9.17) is 4.74 Å². The lowest BCUT2D eigenvalue weighted by Gasteiger charge is -2.35. The van der Waals surface area contributed by atoms with Crippen molar-refractivity contribution >= 4 is 21.6 Å². The minimum absolute atomic E-state index is 0.296. The highest BCUT2D eigenvalue weighted by molar-refractivity contribution is 7.92. The third kappa shape index (κ3) is 7.47. The van der Waals surface area contributed by atoms with Crippen LogP contribution in [0.4, 0.5) is 5.69 Å². The first kappa shape index (κ1) is 25.1. The molecule has 1 saturated heterocycles. The Balaban J connectivity index is 1.60. The Morgan fingerprint density at radius 1 is 1.12 bits per heavy atom. The van der Waals surface area contributed by atoms with E-state index in [-0.39, 0.29) is 12.5 Å². The number of carbonyl (C=O) groups is 1. The topological polar surface area (TPSA) is 79.0 Å². The van der Waals surface area contributed by atoms with Crippen molar-refractivity contribution in [2.24, 2.45) is 0 Å². The van der Waals surface area contributed by atoms with Crippen LogP contribution in [0.3, 0.4) is 0 Å². The molecular weight excluding hydrogens is 438 g/mol. The number of rotatable bonds is 11. The van der Waals surface area contributed by atoms with E-state index in [9.17, 15) is 13.2 Å². The van der Waals surface area contributed by atoms with E-state index >= 15 is 0 Å². The van der Waals surface area contributed by atoms with Gasteiger partial charge in [-0.25, -0.2) is 8.42 Å². The van der Waals surface area contributed by atoms with E-state index in [2.05, 4.69) is 17.1 Å². The lowest BCUT2D eigenvalue weighted by atomic mass is 10.00. The fourth-order valence-electron chi connectivity index (χ4n) is 4.26. The molecule has 0 aliphatic carbocycles. The Bertz CT molecular complexity index is 998. The van der Waals surface area contributed by atoms with E-state index < -0.39 is 10.0 Å². The Hall–Kier alpha value is -2.58. The second-order valence-corrected chi connectivity index (χ2v) is 10.4. The van der Waals surface area contributed by atoms with Crippen LogP contribution in [0, 0.1) is 0 Å². The molecule has 3 rings (SSSR count). The predicted molar refractivity (Wildman–Crippen MR) is 132 cm³/mol. The number of para-hydroxylation sites is 3. The van der Waals surface area contributed by atoms with E-state index in [1.54, 1.807) is 36.4 Å². The van der Waals surface area contributed by atoms with Crippen molar-refractivity contribution in [2.75, 3.05) is 36.7 Å². The van der Waals surface area contributed by atoms with Crippen molar-refractivity contribution in [1.29, 1.82) is 0 Å². The van der Waals surface area contributed by atoms with Gasteiger partial charge in [0.25, 0.3) is 0 Å². The van der Waals surface area contributed by atoms with Gasteiger partial charge in [-0.05, 0) is 56.5 Å². The molecule has 0 aromatic heterocycles. The maximum atomic E-state index is 12.6. The SMILES string of the molecule is CCC1CCCCN1CCCNC(=O)CN(c1ccccc1Oc1ccccc1)S(C)(=O)=O. The zero-order chi connectivity index (χ0) is 23.7. The second kappa shape index (κ2) is 12.0. The number of carbonyl (C=O) groups excluding carboxylic acids is 1. The summed E-state index contributed by atoms with van der Waals surface area (Å²) in [4.78, 5) is 15.2. The van der Waals surface area contributed by atoms with Crippen molar-refractivity contribution in [3.63, 3.8) is 0 Å². The number of ether oxygens (including phenoxy) is 1. The first-order chi connectivity index (χ1) is 15.9. The molecule has 33 heavy (non-hydrogen) atoms. The van der Waals surface area contributed by atoms with Crippen LogP contribution in [0.25, 0.3) is 0 Å². The highest BCUT2D eigenvalue weighted by Crippen LogP contribution is 2.33. The monoisotopic (exact) mass is 473 g/mol. The van der Waals surface area contributed by atoms with Crippen LogP contribution >= 0.6 is 0 Å². The first-order valence-corrected chi connectivity index (χ1v) is 13.5. The van der Waals surface area contributed by atoms with Gasteiger partial charge in [-0.15, -0.1) is 0 Å². The molecule has 180 valence electrons. The minimum atomic E-state index is -3.70. The third-order valence-electron chi connectivity index (χ3n) is 5.96. The minimum Gasteiger partial charge on any atom is -0.455 e. The largest absolute Gasteiger partial charge is 0.455 e. The number of anilines is 1. The molecule has 1 heterocycles. The Morgan fingerprint density at radius 2 is 1.85 bits per heavy atom. The predicted octanol–water partition coefficient (Wildman–Crippen LogP) is 4.02. The van der Waals surface area contributed by atoms with Gasteiger partial charge in [-0.3, -0.25) is 9.10 Å². The standard InChI is InChI=1S/C25H35N3O4S/c1-3-21-12-9-10-18-27(21)19-11-17-26-25(29)20-28(33(2,30)31)23-15-7-8-16-24(23)32-22-13-5-4-6-14-22/h4-8,13-16,21H,3,9-12,17-20H2,1-2H3,(H,26,29). The molecule has 0 saturated carbocycles. The number of hydrogen-bond acceptors (Lipinski definition) is 5. The number of benzene rings is 2. The van der Waals surface area contributed by atoms with E-state index in [1.165, 1.54) is 19.3 Å². The summed E-state index contributed by atoms with van der Waals surface area (Å²) in [6.45, 7) is 4.51. The molecule has 2 aromatic carbocycles. The fraction of sp³-hybridized carbons (Fsp3) is 0.480. The van der Waals surface area contributed by atoms with Crippen molar-refractivity contribution in [1.82, 2.24) is 10.2 Å². The van der Waals surface area contributed by atoms with Crippen LogP contribution in [-0.2, 0) is 14.8 Å². The van der Waals surface area contributed by atoms with Gasteiger partial charge in [0.15, 0.2) is 5.75 Å². The smallest absolute Gasteiger partial charge is 0.240 e. The van der Waals surface area contributed by atoms with Crippen LogP contribution in [0.1, 0.15) is 39.0 Å². The Labute approximate surface area is 197 Å². The first-order valence-electron chi connectivity index (χ1n) is 11.7. The number of piperidine rings is 1. The number of sulfonamides is 1. The molecule has 1 N–H and O–H groups in total. The molecule has 1 aliphatic heterocycles. The summed E-state index contributed by atoms with van der Waals surface area (Å²) < 4.78 is 32.1. The molecule has 1 amide bonds. The molecular formula is C25H35N3O4S. The maximum Gasteiger partial charge on any atom is 0.240 e. The van der Waals surface area contributed by atoms with Gasteiger partial charge in [0, 0.05) is 19.1 Å². The number of likely N-dealkylation sites (tertiary alicyclic amines) is 1. The summed E-state index contributed by atoms with van der Waals surface area (Å²) in [5.74, 6) is 0.629. The van der Waals surface area contributed by atoms with Crippen LogP contribution in [0.15, 0.2) is 54.6 Å². The van der Waals surface area contributed by atoms with Gasteiger partial charge in [-0.1, -0.05) is 43.7 Å². The van der Waals surface area contributed by atoms with Gasteiger partial charge in [-0.2, -0.15) is 0 Å². The molecule has 0 spiro atoms. The average molecular weight is 474 g/mol. The van der Waals surface area contributed by atoms with E-state index in [1.807, 2.05) is 18.2 Å². The Morgan fingerprint density at radius 3 is 2.58 bits per heavy atom. The molecule has 8 heteroatoms. The van der Waals surface area contributed by atoms with Crippen molar-refractivity contribution < 1.29 is 17.9 Å². The van der Waals surface area contributed by atoms with Gasteiger partial charge in [0.1, 0.15) is 12.3 Å². The maximum absolute atomic E-state index is 12.6. The molecule has 1 unspecified atom stereocenters. The quantitative estimate of drug-likeness (QED) is 0.499. The molecule has 7 nitrogen and oxygen atoms in total. The van der Waals surface area contributed by atoms with Crippen molar-refractivity contribution in [3.05, 3.63) is 54.6 Å². The average Bonchev–Trinajstić information content (AvgIpc) is 2.81. The summed E-state index contributed by atoms with van der Waals surface area (Å²) in [5.41, 5.74) is 0.332. The zero-order valence-electron chi connectivity index (χ0n) is 19.6. The summed E-state index contributed by atoms with van der Waals surface area (Å²) in [7, 11) is -3.70. The number of hydrogen-bond donors (Lipinski definition) is 1. The van der Waals surface area contributed by atoms with Gasteiger partial charge in [0.05, 0.1) is 11.9 Å². The summed E-state index contributed by atoms with van der Waals surface area (Å²) >= 11 is 0. The molecule has 0 radical (unpaired) electrons. The van der Waals surface area contributed by atoms with Crippen molar-refractivity contribution in [2.45, 2.75) is 45.1 Å². The van der Waals surface area contributed by atoms with Crippen LogP contribution in [0.5, 0.6) is 11.5 Å². The Kier molecular flexibility index (Phi) is 9.14. The molecule has 1 atom stereocenters. The van der Waals surface area contributed by atoms with Crippen LogP contribution < -0.4 is 14.4 Å². The highest BCUT2D eigenvalue weighted by atomic mass is 32.2. The number of nitrogens with zero attached hydrogens (tertiary/aromatic N) is 2. The van der Waals surface area contributed by atoms with Crippen LogP contribution in [0.2, 0.25) is 0 Å². The summed E-state index contributed by atoms with van der Waals surface area (Å²) in [5, 5.41) is 2.88. The fourth-order valence-corrected chi connectivity index (χ4v) is 5.12. The zero-order valence-corrected chi connectivity index (χ0v) is 20.4. The lowest BCUT2D eigenvalue weighted by Crippen LogP contribution is -2.42. The normalized spacial score (nSPS) is 16.8. The molecule has 2 aromatic rings. The van der Waals surface area contributed by atoms with Crippen molar-refractivity contribution in [3.8, 4) is 11.5 Å². The highest BCUT2D eigenvalue weighted by Gasteiger charge is 2.24. The lowest BCUT2D eigenvalue weighted by molar-refractivity contribution is -0.119.